The molecule has 5 nitrogen and oxygen atoms in total. The molecule has 2 aromatic heterocycles. The van der Waals surface area contributed by atoms with E-state index in [9.17, 15) is 9.59 Å². The molecular formula is C14H16N2O3. The van der Waals surface area contributed by atoms with Gasteiger partial charge in [-0.15, -0.1) is 0 Å². The standard InChI is InChI=1S/C14H16N2O3/c1-9(17)10-7-12-11(15-8-10)5-6-16(12)13(18)19-14(2,3)4/h5-8H,1-4H3. The average Bonchev–Trinajstić information content (AvgIpc) is 2.68. The number of ketones is 1. The molecule has 0 aromatic carbocycles. The molecule has 0 atom stereocenters. The van der Waals surface area contributed by atoms with E-state index in [1.807, 2.05) is 0 Å². The van der Waals surface area contributed by atoms with Crippen LogP contribution in [0.25, 0.3) is 11.0 Å². The summed E-state index contributed by atoms with van der Waals surface area (Å²) in [4.78, 5) is 27.6. The van der Waals surface area contributed by atoms with Crippen molar-refractivity contribution < 1.29 is 14.3 Å². The first-order valence-corrected chi connectivity index (χ1v) is 5.99. The Balaban J connectivity index is 2.46. The van der Waals surface area contributed by atoms with Crippen molar-refractivity contribution in [3.05, 3.63) is 30.1 Å². The Morgan fingerprint density at radius 3 is 2.58 bits per heavy atom. The van der Waals surface area contributed by atoms with Crippen molar-refractivity contribution in [2.24, 2.45) is 0 Å². The molecule has 2 aromatic rings. The van der Waals surface area contributed by atoms with Crippen LogP contribution < -0.4 is 0 Å². The van der Waals surface area contributed by atoms with E-state index in [-0.39, 0.29) is 5.78 Å². The summed E-state index contributed by atoms with van der Waals surface area (Å²) in [6.07, 6.45) is 2.62. The van der Waals surface area contributed by atoms with Crippen LogP contribution >= 0.6 is 0 Å². The molecule has 0 amide bonds. The van der Waals surface area contributed by atoms with Gasteiger partial charge in [-0.3, -0.25) is 14.3 Å². The van der Waals surface area contributed by atoms with Crippen molar-refractivity contribution in [2.75, 3.05) is 0 Å². The second-order valence-corrected chi connectivity index (χ2v) is 5.35. The number of carbonyl (C=O) groups is 2. The molecular weight excluding hydrogens is 244 g/mol. The molecule has 0 saturated heterocycles. The van der Waals surface area contributed by atoms with Gasteiger partial charge in [0.05, 0.1) is 11.0 Å². The lowest BCUT2D eigenvalue weighted by atomic mass is 10.2. The SMILES string of the molecule is CC(=O)c1cnc2ccn(C(=O)OC(C)(C)C)c2c1. The highest BCUT2D eigenvalue weighted by molar-refractivity contribution is 5.98. The summed E-state index contributed by atoms with van der Waals surface area (Å²) in [5.74, 6) is -0.0914. The molecule has 0 unspecified atom stereocenters. The molecule has 0 fully saturated rings. The van der Waals surface area contributed by atoms with Gasteiger partial charge in [0, 0.05) is 18.0 Å². The lowest BCUT2D eigenvalue weighted by Gasteiger charge is -2.19. The van der Waals surface area contributed by atoms with E-state index < -0.39 is 11.7 Å². The lowest BCUT2D eigenvalue weighted by molar-refractivity contribution is 0.0544. The summed E-state index contributed by atoms with van der Waals surface area (Å²) in [5, 5.41) is 0. The molecule has 100 valence electrons. The largest absolute Gasteiger partial charge is 0.443 e. The number of rotatable bonds is 1. The lowest BCUT2D eigenvalue weighted by Crippen LogP contribution is -2.26. The highest BCUT2D eigenvalue weighted by Gasteiger charge is 2.19. The van der Waals surface area contributed by atoms with Gasteiger partial charge in [-0.1, -0.05) is 0 Å². The Labute approximate surface area is 111 Å². The zero-order valence-corrected chi connectivity index (χ0v) is 11.4. The predicted octanol–water partition coefficient (Wildman–Crippen LogP) is 3.02. The molecule has 0 N–H and O–H groups in total. The second-order valence-electron chi connectivity index (χ2n) is 5.35. The van der Waals surface area contributed by atoms with Gasteiger partial charge in [0.2, 0.25) is 0 Å². The van der Waals surface area contributed by atoms with Gasteiger partial charge in [0.15, 0.2) is 5.78 Å². The highest BCUT2D eigenvalue weighted by atomic mass is 16.6. The molecule has 0 aliphatic heterocycles. The monoisotopic (exact) mass is 260 g/mol. The number of carbonyl (C=O) groups excluding carboxylic acids is 2. The third-order valence-electron chi connectivity index (χ3n) is 2.54. The first-order valence-electron chi connectivity index (χ1n) is 5.99. The molecule has 5 heteroatoms. The fourth-order valence-electron chi connectivity index (χ4n) is 1.67. The zero-order chi connectivity index (χ0) is 14.2. The van der Waals surface area contributed by atoms with E-state index >= 15 is 0 Å². The van der Waals surface area contributed by atoms with Gasteiger partial charge in [-0.25, -0.2) is 4.79 Å². The smallest absolute Gasteiger partial charge is 0.419 e. The normalized spacial score (nSPS) is 11.6. The summed E-state index contributed by atoms with van der Waals surface area (Å²) in [6.45, 7) is 6.87. The van der Waals surface area contributed by atoms with Crippen molar-refractivity contribution in [1.82, 2.24) is 9.55 Å². The number of hydrogen-bond donors (Lipinski definition) is 0. The quantitative estimate of drug-likeness (QED) is 0.739. The van der Waals surface area contributed by atoms with Crippen molar-refractivity contribution in [2.45, 2.75) is 33.3 Å². The minimum Gasteiger partial charge on any atom is -0.443 e. The summed E-state index contributed by atoms with van der Waals surface area (Å²) in [7, 11) is 0. The van der Waals surface area contributed by atoms with Crippen molar-refractivity contribution >= 4 is 22.9 Å². The first kappa shape index (κ1) is 13.3. The van der Waals surface area contributed by atoms with Crippen LogP contribution in [0.3, 0.4) is 0 Å². The molecule has 0 radical (unpaired) electrons. The van der Waals surface area contributed by atoms with E-state index in [4.69, 9.17) is 4.74 Å². The predicted molar refractivity (Wildman–Crippen MR) is 71.4 cm³/mol. The average molecular weight is 260 g/mol. The zero-order valence-electron chi connectivity index (χ0n) is 11.4. The van der Waals surface area contributed by atoms with Crippen LogP contribution in [0.4, 0.5) is 4.79 Å². The third kappa shape index (κ3) is 2.81. The molecule has 19 heavy (non-hydrogen) atoms. The summed E-state index contributed by atoms with van der Waals surface area (Å²) in [5.41, 5.74) is 1.12. The fraction of sp³-hybridized carbons (Fsp3) is 0.357. The van der Waals surface area contributed by atoms with Crippen LogP contribution in [0.5, 0.6) is 0 Å². The van der Waals surface area contributed by atoms with Crippen LogP contribution in [0.1, 0.15) is 38.1 Å². The Kier molecular flexibility index (Phi) is 3.14. The summed E-state index contributed by atoms with van der Waals surface area (Å²) < 4.78 is 6.66. The number of nitrogens with zero attached hydrogens (tertiary/aromatic N) is 2. The molecule has 0 aliphatic carbocycles. The Morgan fingerprint density at radius 1 is 1.32 bits per heavy atom. The number of fused-ring (bicyclic) bond motifs is 1. The molecule has 2 heterocycles. The van der Waals surface area contributed by atoms with E-state index in [0.29, 0.717) is 16.6 Å². The van der Waals surface area contributed by atoms with Crippen LogP contribution in [-0.2, 0) is 4.74 Å². The van der Waals surface area contributed by atoms with Crippen LogP contribution in [0.15, 0.2) is 24.5 Å². The molecule has 0 spiro atoms. The number of hydrogen-bond acceptors (Lipinski definition) is 4. The van der Waals surface area contributed by atoms with Crippen LogP contribution in [0.2, 0.25) is 0 Å². The number of pyridine rings is 1. The number of aromatic nitrogens is 2. The van der Waals surface area contributed by atoms with Crippen molar-refractivity contribution in [3.8, 4) is 0 Å². The van der Waals surface area contributed by atoms with Gasteiger partial charge in [0.25, 0.3) is 0 Å². The Morgan fingerprint density at radius 2 is 2.00 bits per heavy atom. The molecule has 0 aliphatic rings. The van der Waals surface area contributed by atoms with Gasteiger partial charge >= 0.3 is 6.09 Å². The van der Waals surface area contributed by atoms with E-state index in [0.717, 1.165) is 0 Å². The highest BCUT2D eigenvalue weighted by Crippen LogP contribution is 2.17. The third-order valence-corrected chi connectivity index (χ3v) is 2.54. The minimum absolute atomic E-state index is 0.0914. The first-order chi connectivity index (χ1) is 8.78. The molecule has 0 bridgehead atoms. The summed E-state index contributed by atoms with van der Waals surface area (Å²) >= 11 is 0. The summed E-state index contributed by atoms with van der Waals surface area (Å²) in [6, 6.07) is 3.36. The second kappa shape index (κ2) is 4.50. The maximum absolute atomic E-state index is 12.0. The number of Topliss-reactive ketones (excluding diaryl/α,β-unsaturated/α-hetero) is 1. The molecule has 0 saturated carbocycles. The maximum Gasteiger partial charge on any atom is 0.419 e. The Bertz CT molecular complexity index is 650. The van der Waals surface area contributed by atoms with Crippen LogP contribution in [-0.4, -0.2) is 27.0 Å². The van der Waals surface area contributed by atoms with Gasteiger partial charge < -0.3 is 4.74 Å². The van der Waals surface area contributed by atoms with Gasteiger partial charge in [-0.05, 0) is 39.8 Å². The fourth-order valence-corrected chi connectivity index (χ4v) is 1.67. The van der Waals surface area contributed by atoms with Crippen molar-refractivity contribution in [3.63, 3.8) is 0 Å². The minimum atomic E-state index is -0.570. The Hall–Kier alpha value is -2.17. The van der Waals surface area contributed by atoms with Crippen molar-refractivity contribution in [1.29, 1.82) is 0 Å². The number of ether oxygens (including phenoxy) is 1. The van der Waals surface area contributed by atoms with Gasteiger partial charge in [0.1, 0.15) is 5.60 Å². The topological polar surface area (TPSA) is 61.2 Å². The van der Waals surface area contributed by atoms with E-state index in [1.54, 1.807) is 39.1 Å². The maximum atomic E-state index is 12.0. The van der Waals surface area contributed by atoms with Crippen LogP contribution in [0, 0.1) is 0 Å². The van der Waals surface area contributed by atoms with Gasteiger partial charge in [-0.2, -0.15) is 0 Å². The van der Waals surface area contributed by atoms with E-state index in [1.165, 1.54) is 17.7 Å². The van der Waals surface area contributed by atoms with E-state index in [2.05, 4.69) is 4.98 Å². The molecule has 2 rings (SSSR count).